The summed E-state index contributed by atoms with van der Waals surface area (Å²) in [7, 11) is 0. The smallest absolute Gasteiger partial charge is 0.407 e. The summed E-state index contributed by atoms with van der Waals surface area (Å²) in [6.45, 7) is 0.696. The van der Waals surface area contributed by atoms with Gasteiger partial charge in [-0.15, -0.1) is 0 Å². The lowest BCUT2D eigenvalue weighted by Gasteiger charge is -2.05. The molecule has 0 saturated carbocycles. The van der Waals surface area contributed by atoms with Crippen molar-refractivity contribution in [1.29, 1.82) is 0 Å². The standard InChI is InChI=1S/C10H18N2O4/c13-7-8-16-10(15)12-6-4-2-1-3-5-11-9-14/h1-8H2,(H,11,14)(H,12,15). The van der Waals surface area contributed by atoms with Crippen molar-refractivity contribution in [2.75, 3.05) is 26.3 Å². The molecule has 0 aromatic carbocycles. The molecule has 0 bridgehead atoms. The predicted octanol–water partition coefficient (Wildman–Crippen LogP) is 0.360. The van der Waals surface area contributed by atoms with E-state index in [-0.39, 0.29) is 6.61 Å². The van der Waals surface area contributed by atoms with E-state index in [1.165, 1.54) is 0 Å². The minimum Gasteiger partial charge on any atom is -0.447 e. The molecule has 0 aromatic rings. The third-order valence-electron chi connectivity index (χ3n) is 1.89. The Morgan fingerprint density at radius 1 is 1.12 bits per heavy atom. The average molecular weight is 230 g/mol. The van der Waals surface area contributed by atoms with Crippen LogP contribution in [0.2, 0.25) is 0 Å². The van der Waals surface area contributed by atoms with Gasteiger partial charge in [-0.05, 0) is 12.8 Å². The van der Waals surface area contributed by atoms with E-state index in [0.717, 1.165) is 25.7 Å². The minimum absolute atomic E-state index is 0.0836. The summed E-state index contributed by atoms with van der Waals surface area (Å²) in [5, 5.41) is 15.0. The SMILES string of the molecule is [O]CCOC(=O)NCCCCCCN[C]=O. The highest BCUT2D eigenvalue weighted by atomic mass is 16.6. The Hall–Kier alpha value is -1.30. The van der Waals surface area contributed by atoms with Gasteiger partial charge < -0.3 is 15.4 Å². The van der Waals surface area contributed by atoms with E-state index < -0.39 is 12.7 Å². The summed E-state index contributed by atoms with van der Waals surface area (Å²) < 4.78 is 4.54. The monoisotopic (exact) mass is 230 g/mol. The van der Waals surface area contributed by atoms with Gasteiger partial charge in [-0.2, -0.15) is 0 Å². The molecule has 0 aliphatic carbocycles. The highest BCUT2D eigenvalue weighted by Crippen LogP contribution is 1.97. The maximum Gasteiger partial charge on any atom is 0.407 e. The van der Waals surface area contributed by atoms with E-state index in [1.807, 2.05) is 0 Å². The van der Waals surface area contributed by atoms with Gasteiger partial charge in [0.1, 0.15) is 13.2 Å². The first-order valence-electron chi connectivity index (χ1n) is 5.40. The van der Waals surface area contributed by atoms with Crippen LogP contribution in [0.4, 0.5) is 4.79 Å². The van der Waals surface area contributed by atoms with Gasteiger partial charge in [0.2, 0.25) is 0 Å². The van der Waals surface area contributed by atoms with Crippen molar-refractivity contribution in [2.45, 2.75) is 25.7 Å². The van der Waals surface area contributed by atoms with Crippen molar-refractivity contribution in [3.05, 3.63) is 0 Å². The van der Waals surface area contributed by atoms with Crippen LogP contribution >= 0.6 is 0 Å². The van der Waals surface area contributed by atoms with Gasteiger partial charge in [-0.25, -0.2) is 9.90 Å². The van der Waals surface area contributed by atoms with Crippen LogP contribution < -0.4 is 10.6 Å². The van der Waals surface area contributed by atoms with E-state index in [2.05, 4.69) is 15.4 Å². The topological polar surface area (TPSA) is 87.3 Å². The first-order valence-corrected chi connectivity index (χ1v) is 5.40. The van der Waals surface area contributed by atoms with Crippen LogP contribution in [0, 0.1) is 0 Å². The lowest BCUT2D eigenvalue weighted by Crippen LogP contribution is -2.26. The summed E-state index contributed by atoms with van der Waals surface area (Å²) in [6, 6.07) is 0. The molecule has 92 valence electrons. The Bertz CT molecular complexity index is 188. The van der Waals surface area contributed by atoms with E-state index in [4.69, 9.17) is 0 Å². The number of rotatable bonds is 10. The Balaban J connectivity index is 3.08. The molecule has 2 amide bonds. The maximum atomic E-state index is 10.9. The van der Waals surface area contributed by atoms with Crippen LogP contribution in [-0.4, -0.2) is 38.8 Å². The molecular formula is C10H18N2O4. The Labute approximate surface area is 95.4 Å². The second-order valence-corrected chi connectivity index (χ2v) is 3.21. The molecule has 0 aliphatic rings. The first kappa shape index (κ1) is 14.7. The quantitative estimate of drug-likeness (QED) is 0.419. The fraction of sp³-hybridized carbons (Fsp3) is 0.800. The van der Waals surface area contributed by atoms with Crippen LogP contribution in [0.25, 0.3) is 0 Å². The molecule has 0 spiro atoms. The first-order chi connectivity index (χ1) is 7.81. The number of unbranched alkanes of at least 4 members (excludes halogenated alkanes) is 3. The molecule has 0 rings (SSSR count). The summed E-state index contributed by atoms with van der Waals surface area (Å²) in [5.41, 5.74) is 0. The van der Waals surface area contributed by atoms with Crippen molar-refractivity contribution < 1.29 is 19.4 Å². The highest BCUT2D eigenvalue weighted by Gasteiger charge is 1.99. The number of ether oxygens (including phenoxy) is 1. The van der Waals surface area contributed by atoms with Crippen LogP contribution in [0.1, 0.15) is 25.7 Å². The number of amides is 2. The number of carbonyl (C=O) groups excluding carboxylic acids is 2. The van der Waals surface area contributed by atoms with Gasteiger partial charge >= 0.3 is 12.5 Å². The number of alkyl carbamates (subject to hydrolysis) is 1. The molecule has 0 aromatic heterocycles. The highest BCUT2D eigenvalue weighted by molar-refractivity contribution is 5.66. The van der Waals surface area contributed by atoms with Crippen LogP contribution in [0.15, 0.2) is 0 Å². The Kier molecular flexibility index (Phi) is 10.8. The van der Waals surface area contributed by atoms with Gasteiger partial charge in [0.05, 0.1) is 0 Å². The third kappa shape index (κ3) is 10.8. The van der Waals surface area contributed by atoms with E-state index in [1.54, 1.807) is 6.41 Å². The molecule has 0 heterocycles. The van der Waals surface area contributed by atoms with Gasteiger partial charge in [-0.3, -0.25) is 4.79 Å². The van der Waals surface area contributed by atoms with Gasteiger partial charge in [0, 0.05) is 13.1 Å². The predicted molar refractivity (Wildman–Crippen MR) is 57.1 cm³/mol. The zero-order chi connectivity index (χ0) is 12.1. The zero-order valence-electron chi connectivity index (χ0n) is 9.29. The van der Waals surface area contributed by atoms with E-state index in [0.29, 0.717) is 13.1 Å². The average Bonchev–Trinajstić information content (AvgIpc) is 2.30. The number of nitrogens with one attached hydrogen (secondary N) is 2. The second-order valence-electron chi connectivity index (χ2n) is 3.21. The molecule has 0 unspecified atom stereocenters. The lowest BCUT2D eigenvalue weighted by atomic mass is 10.2. The lowest BCUT2D eigenvalue weighted by molar-refractivity contribution is 0.0924. The van der Waals surface area contributed by atoms with Crippen LogP contribution in [0.3, 0.4) is 0 Å². The van der Waals surface area contributed by atoms with Crippen molar-refractivity contribution in [3.8, 4) is 0 Å². The summed E-state index contributed by atoms with van der Waals surface area (Å²) in [5.74, 6) is 0. The molecule has 2 N–H and O–H groups in total. The number of hydrogen-bond donors (Lipinski definition) is 2. The summed E-state index contributed by atoms with van der Waals surface area (Å²) in [4.78, 5) is 20.6. The molecule has 0 atom stereocenters. The minimum atomic E-state index is -0.534. The van der Waals surface area contributed by atoms with Crippen molar-refractivity contribution in [2.24, 2.45) is 0 Å². The summed E-state index contributed by atoms with van der Waals surface area (Å²) >= 11 is 0. The normalized spacial score (nSPS) is 9.56. The van der Waals surface area contributed by atoms with Crippen molar-refractivity contribution >= 4 is 12.5 Å². The van der Waals surface area contributed by atoms with Crippen molar-refractivity contribution in [3.63, 3.8) is 0 Å². The molecular weight excluding hydrogens is 212 g/mol. The Morgan fingerprint density at radius 3 is 2.44 bits per heavy atom. The second kappa shape index (κ2) is 11.8. The van der Waals surface area contributed by atoms with Crippen molar-refractivity contribution in [1.82, 2.24) is 10.6 Å². The molecule has 6 nitrogen and oxygen atoms in total. The maximum absolute atomic E-state index is 10.9. The largest absolute Gasteiger partial charge is 0.447 e. The van der Waals surface area contributed by atoms with Crippen LogP contribution in [-0.2, 0) is 14.6 Å². The molecule has 6 heteroatoms. The van der Waals surface area contributed by atoms with E-state index >= 15 is 0 Å². The summed E-state index contributed by atoms with van der Waals surface area (Å²) in [6.07, 6.45) is 4.81. The molecule has 0 fully saturated rings. The van der Waals surface area contributed by atoms with E-state index in [9.17, 15) is 14.7 Å². The van der Waals surface area contributed by atoms with Gasteiger partial charge in [-0.1, -0.05) is 12.8 Å². The van der Waals surface area contributed by atoms with Gasteiger partial charge in [0.15, 0.2) is 0 Å². The number of hydrogen-bond acceptors (Lipinski definition) is 3. The molecule has 0 aliphatic heterocycles. The third-order valence-corrected chi connectivity index (χ3v) is 1.89. The van der Waals surface area contributed by atoms with Crippen LogP contribution in [0.5, 0.6) is 0 Å². The molecule has 16 heavy (non-hydrogen) atoms. The van der Waals surface area contributed by atoms with Gasteiger partial charge in [0.25, 0.3) is 0 Å². The fourth-order valence-corrected chi connectivity index (χ4v) is 1.12. The molecule has 2 radical (unpaired) electrons. The fourth-order valence-electron chi connectivity index (χ4n) is 1.12. The zero-order valence-corrected chi connectivity index (χ0v) is 9.29. The Morgan fingerprint density at radius 2 is 1.81 bits per heavy atom. The molecule has 0 saturated heterocycles. The number of carbonyl (C=O) groups is 1.